The third-order valence-electron chi connectivity index (χ3n) is 27.8. The summed E-state index contributed by atoms with van der Waals surface area (Å²) in [6.45, 7) is 0. The number of ether oxygens (including phenoxy) is 2. The van der Waals surface area contributed by atoms with Gasteiger partial charge in [-0.15, -0.1) is 0 Å². The van der Waals surface area contributed by atoms with Gasteiger partial charge in [0.1, 0.15) is 34.2 Å². The van der Waals surface area contributed by atoms with Crippen LogP contribution in [0, 0.1) is 0 Å². The number of furan rings is 2. The molecule has 0 radical (unpaired) electrons. The third kappa shape index (κ3) is 13.3. The molecule has 24 aromatic carbocycles. The minimum Gasteiger partial charge on any atom is -0.456 e. The molecule has 646 valence electrons. The van der Waals surface area contributed by atoms with E-state index in [2.05, 4.69) is 499 Å². The molecule has 8 nitrogen and oxygen atoms in total. The van der Waals surface area contributed by atoms with E-state index in [1.165, 1.54) is 65.2 Å². The quantitative estimate of drug-likeness (QED) is 0.0941. The molecule has 28 rings (SSSR count). The highest BCUT2D eigenvalue weighted by Gasteiger charge is 2.31. The number of anilines is 12. The number of hydrogen-bond donors (Lipinski definition) is 0. The van der Waals surface area contributed by atoms with Crippen LogP contribution in [-0.4, -0.2) is 0 Å². The Morgan fingerprint density at radius 2 is 0.507 bits per heavy atom. The first kappa shape index (κ1) is 79.3. The molecule has 138 heavy (non-hydrogen) atoms. The topological polar surface area (TPSA) is 57.7 Å². The molecule has 0 saturated carbocycles. The molecule has 4 heterocycles. The fourth-order valence-electron chi connectivity index (χ4n) is 21.5. The Morgan fingerprint density at radius 1 is 0.145 bits per heavy atom. The van der Waals surface area contributed by atoms with E-state index in [1.54, 1.807) is 0 Å². The molecule has 0 spiro atoms. The van der Waals surface area contributed by atoms with Crippen molar-refractivity contribution in [3.63, 3.8) is 0 Å². The maximum atomic E-state index is 7.00. The van der Waals surface area contributed by atoms with Crippen LogP contribution in [0.4, 0.5) is 68.2 Å². The lowest BCUT2D eigenvalue weighted by atomic mass is 9.86. The predicted octanol–water partition coefficient (Wildman–Crippen LogP) is 37.7. The maximum absolute atomic E-state index is 7.00. The Hall–Kier alpha value is -18.5. The minimum absolute atomic E-state index is 0.830. The number of fused-ring (bicyclic) bond motifs is 19. The molecule has 0 unspecified atom stereocenters. The number of benzene rings is 24. The van der Waals surface area contributed by atoms with Gasteiger partial charge in [-0.05, 0) is 280 Å². The first-order chi connectivity index (χ1) is 68.4. The summed E-state index contributed by atoms with van der Waals surface area (Å²) >= 11 is 0. The van der Waals surface area contributed by atoms with Gasteiger partial charge >= 0.3 is 0 Å². The summed E-state index contributed by atoms with van der Waals surface area (Å²) < 4.78 is 27.3. The highest BCUT2D eigenvalue weighted by Crippen LogP contribution is 2.57. The van der Waals surface area contributed by atoms with E-state index in [0.29, 0.717) is 0 Å². The third-order valence-corrected chi connectivity index (χ3v) is 27.8. The molecule has 0 aliphatic carbocycles. The molecule has 0 saturated heterocycles. The van der Waals surface area contributed by atoms with Crippen molar-refractivity contribution in [1.82, 2.24) is 0 Å². The van der Waals surface area contributed by atoms with E-state index in [0.717, 1.165) is 201 Å². The first-order valence-electron chi connectivity index (χ1n) is 47.0. The Morgan fingerprint density at radius 3 is 1.07 bits per heavy atom. The number of rotatable bonds is 15. The summed E-state index contributed by atoms with van der Waals surface area (Å²) in [5.74, 6) is 3.40. The lowest BCUT2D eigenvalue weighted by molar-refractivity contribution is 0.487. The largest absolute Gasteiger partial charge is 0.456 e. The molecule has 8 heteroatoms. The molecule has 0 bridgehead atoms. The molecule has 26 aromatic rings. The average molecular weight is 1760 g/mol. The van der Waals surface area contributed by atoms with Crippen LogP contribution in [0.25, 0.3) is 175 Å². The van der Waals surface area contributed by atoms with Gasteiger partial charge in [-0.2, -0.15) is 0 Å². The normalized spacial score (nSPS) is 11.9. The van der Waals surface area contributed by atoms with Crippen LogP contribution in [0.2, 0.25) is 0 Å². The van der Waals surface area contributed by atoms with Crippen LogP contribution < -0.4 is 29.1 Å². The van der Waals surface area contributed by atoms with Crippen molar-refractivity contribution in [3.05, 3.63) is 497 Å². The molecule has 2 aliphatic heterocycles. The fraction of sp³-hybridized carbons (Fsp3) is 0. The van der Waals surface area contributed by atoms with E-state index in [1.807, 2.05) is 18.2 Å². The van der Waals surface area contributed by atoms with Gasteiger partial charge in [0.25, 0.3) is 0 Å². The van der Waals surface area contributed by atoms with E-state index >= 15 is 0 Å². The number of para-hydroxylation sites is 10. The van der Waals surface area contributed by atoms with Gasteiger partial charge in [0.15, 0.2) is 11.2 Å². The second kappa shape index (κ2) is 32.8. The number of nitrogens with zero attached hydrogens (tertiary/aromatic N) is 4. The number of hydrogen-bond acceptors (Lipinski definition) is 8. The standard InChI is InChI=1S/C72H44N2O3.C58H38N2O/c1-3-18-46(19-4-1)50-22-9-12-30-62(50)73(63-31-15-28-57-53-25-10-13-33-66(53)76-71(57)63)49-39-36-45(37-40-49)47-38-41-55-61-43-59-51-23-7-8-24-52(51)65(44-60(59)56-27-17-35-68(70(56)61)75-69(55)42-47)74(48-20-5-2-6-21-48)64-32-16-29-58-54-26-11-14-34-67(54)77-72(58)64;1-5-16-42(17-6-1)59(43-18-7-2-8-19-43)46-31-30-39-34-41(29-28-40(39)35-46)52-37-54-51-26-15-27-56-58(51)55(38-53(54)49-25-14-13-24-48(49)52)50-33-32-47(36-57(50)61-56)60(44-20-9-3-10-21-44)45-22-11-4-12-23-45/h1-44H;1-38H. The fourth-order valence-corrected chi connectivity index (χ4v) is 21.5. The SMILES string of the molecule is c1ccc(-c2ccccc2N(c2ccc(-c3ccc4c(c3)Oc3cccc5c3c-4cc3c4ccccc4c(N(c4ccccc4)c4cccc6c4oc4ccccc46)cc53)cc2)c2cccc3c2oc2ccccc23)cc1.c1ccc(N(c2ccccc2)c2ccc3c(c2)Oc2cccc4c2c-3cc2c3ccccc3c(-c3ccc5cc(N(c6ccccc6)c6ccccc6)ccc5c3)cc42)cc1. The molecule has 2 aliphatic rings. The molecule has 0 fully saturated rings. The van der Waals surface area contributed by atoms with Crippen molar-refractivity contribution in [1.29, 1.82) is 0 Å². The van der Waals surface area contributed by atoms with Gasteiger partial charge in [-0.3, -0.25) is 0 Å². The van der Waals surface area contributed by atoms with Gasteiger partial charge < -0.3 is 37.9 Å². The van der Waals surface area contributed by atoms with Crippen LogP contribution in [0.3, 0.4) is 0 Å². The first-order valence-corrected chi connectivity index (χ1v) is 47.0. The molecular formula is C130H82N4O4. The summed E-state index contributed by atoms with van der Waals surface area (Å²) in [6, 6.07) is 178. The predicted molar refractivity (Wildman–Crippen MR) is 576 cm³/mol. The molecule has 0 amide bonds. The zero-order valence-electron chi connectivity index (χ0n) is 74.8. The molecule has 0 N–H and O–H groups in total. The van der Waals surface area contributed by atoms with Crippen molar-refractivity contribution >= 4 is 188 Å². The summed E-state index contributed by atoms with van der Waals surface area (Å²) in [6.07, 6.45) is 0. The second-order valence-electron chi connectivity index (χ2n) is 35.6. The van der Waals surface area contributed by atoms with Crippen LogP contribution in [0.5, 0.6) is 23.0 Å². The Bertz CT molecular complexity index is 9270. The van der Waals surface area contributed by atoms with Gasteiger partial charge in [0, 0.05) is 106 Å². The molecule has 2 aromatic heterocycles. The van der Waals surface area contributed by atoms with Gasteiger partial charge in [0.05, 0.1) is 22.7 Å². The van der Waals surface area contributed by atoms with Crippen LogP contribution in [0.1, 0.15) is 0 Å². The van der Waals surface area contributed by atoms with Crippen molar-refractivity contribution in [3.8, 4) is 78.6 Å². The second-order valence-corrected chi connectivity index (χ2v) is 35.6. The van der Waals surface area contributed by atoms with Gasteiger partial charge in [-0.25, -0.2) is 0 Å². The maximum Gasteiger partial charge on any atom is 0.159 e. The Kier molecular flexibility index (Phi) is 18.8. The van der Waals surface area contributed by atoms with Gasteiger partial charge in [-0.1, -0.05) is 309 Å². The van der Waals surface area contributed by atoms with E-state index in [-0.39, 0.29) is 0 Å². The lowest BCUT2D eigenvalue weighted by Crippen LogP contribution is -2.11. The van der Waals surface area contributed by atoms with Crippen molar-refractivity contribution in [2.24, 2.45) is 0 Å². The lowest BCUT2D eigenvalue weighted by Gasteiger charge is -2.28. The molecular weight excluding hydrogens is 1680 g/mol. The average Bonchev–Trinajstić information content (AvgIpc) is 1.01. The van der Waals surface area contributed by atoms with Crippen LogP contribution in [-0.2, 0) is 0 Å². The zero-order chi connectivity index (χ0) is 90.8. The summed E-state index contributed by atoms with van der Waals surface area (Å²) in [4.78, 5) is 9.30. The van der Waals surface area contributed by atoms with Crippen LogP contribution in [0.15, 0.2) is 506 Å². The summed E-state index contributed by atoms with van der Waals surface area (Å²) in [5.41, 5.74) is 27.5. The van der Waals surface area contributed by atoms with E-state index < -0.39 is 0 Å². The Balaban J connectivity index is 0.000000143. The summed E-state index contributed by atoms with van der Waals surface area (Å²) in [7, 11) is 0. The zero-order valence-corrected chi connectivity index (χ0v) is 74.8. The minimum atomic E-state index is 0.830. The van der Waals surface area contributed by atoms with Crippen molar-refractivity contribution < 1.29 is 18.3 Å². The smallest absolute Gasteiger partial charge is 0.159 e. The van der Waals surface area contributed by atoms with Crippen molar-refractivity contribution in [2.45, 2.75) is 0 Å². The highest BCUT2D eigenvalue weighted by atomic mass is 16.5. The van der Waals surface area contributed by atoms with E-state index in [9.17, 15) is 0 Å². The van der Waals surface area contributed by atoms with E-state index in [4.69, 9.17) is 18.3 Å². The highest BCUT2D eigenvalue weighted by molar-refractivity contribution is 6.28. The summed E-state index contributed by atoms with van der Waals surface area (Å²) in [5, 5.41) is 20.9. The van der Waals surface area contributed by atoms with Crippen LogP contribution >= 0.6 is 0 Å². The van der Waals surface area contributed by atoms with Crippen molar-refractivity contribution in [2.75, 3.05) is 19.6 Å². The van der Waals surface area contributed by atoms with Gasteiger partial charge in [0.2, 0.25) is 0 Å². The Labute approximate surface area is 796 Å². The monoisotopic (exact) mass is 1760 g/mol. The molecule has 0 atom stereocenters.